The SMILES string of the molecule is C=CCN(C)c1ncnc(N2CCC(C(=O)OCC)CC2)c1[N+](=O)[O-]. The van der Waals surface area contributed by atoms with E-state index in [1.54, 1.807) is 24.9 Å². The van der Waals surface area contributed by atoms with Gasteiger partial charge in [-0.1, -0.05) is 6.08 Å². The Hall–Kier alpha value is -2.71. The van der Waals surface area contributed by atoms with Gasteiger partial charge in [-0.25, -0.2) is 9.97 Å². The maximum absolute atomic E-state index is 11.8. The first-order chi connectivity index (χ1) is 12.0. The fourth-order valence-electron chi connectivity index (χ4n) is 2.90. The third kappa shape index (κ3) is 4.23. The van der Waals surface area contributed by atoms with Gasteiger partial charge in [0.05, 0.1) is 17.4 Å². The fourth-order valence-corrected chi connectivity index (χ4v) is 2.90. The molecule has 2 heterocycles. The van der Waals surface area contributed by atoms with Crippen molar-refractivity contribution >= 4 is 23.3 Å². The van der Waals surface area contributed by atoms with Crippen molar-refractivity contribution in [1.82, 2.24) is 9.97 Å². The minimum Gasteiger partial charge on any atom is -0.466 e. The van der Waals surface area contributed by atoms with Crippen molar-refractivity contribution in [3.8, 4) is 0 Å². The fraction of sp³-hybridized carbons (Fsp3) is 0.562. The number of nitro groups is 1. The average Bonchev–Trinajstić information content (AvgIpc) is 2.61. The summed E-state index contributed by atoms with van der Waals surface area (Å²) in [5, 5.41) is 11.6. The average molecular weight is 349 g/mol. The molecule has 2 rings (SSSR count). The summed E-state index contributed by atoms with van der Waals surface area (Å²) < 4.78 is 5.05. The number of esters is 1. The topological polar surface area (TPSA) is 102 Å². The first kappa shape index (κ1) is 18.6. The van der Waals surface area contributed by atoms with E-state index in [9.17, 15) is 14.9 Å². The number of carbonyl (C=O) groups is 1. The summed E-state index contributed by atoms with van der Waals surface area (Å²) >= 11 is 0. The quantitative estimate of drug-likeness (QED) is 0.318. The van der Waals surface area contributed by atoms with Gasteiger partial charge in [-0.3, -0.25) is 14.9 Å². The van der Waals surface area contributed by atoms with Crippen molar-refractivity contribution in [2.24, 2.45) is 5.92 Å². The predicted molar refractivity (Wildman–Crippen MR) is 93.7 cm³/mol. The van der Waals surface area contributed by atoms with Crippen LogP contribution in [-0.4, -0.2) is 54.1 Å². The number of ether oxygens (including phenoxy) is 1. The third-order valence-corrected chi connectivity index (χ3v) is 4.15. The molecule has 0 aromatic carbocycles. The molecule has 0 aliphatic carbocycles. The van der Waals surface area contributed by atoms with E-state index in [1.165, 1.54) is 6.33 Å². The molecule has 0 amide bonds. The van der Waals surface area contributed by atoms with E-state index >= 15 is 0 Å². The number of likely N-dealkylation sites (N-methyl/N-ethyl adjacent to an activating group) is 1. The van der Waals surface area contributed by atoms with Gasteiger partial charge < -0.3 is 14.5 Å². The molecule has 0 atom stereocenters. The third-order valence-electron chi connectivity index (χ3n) is 4.15. The Morgan fingerprint density at radius 1 is 1.52 bits per heavy atom. The lowest BCUT2D eigenvalue weighted by Gasteiger charge is -2.31. The van der Waals surface area contributed by atoms with Gasteiger partial charge in [-0.05, 0) is 19.8 Å². The molecule has 0 unspecified atom stereocenters. The Morgan fingerprint density at radius 3 is 2.76 bits per heavy atom. The van der Waals surface area contributed by atoms with Crippen LogP contribution in [0.2, 0.25) is 0 Å². The standard InChI is InChI=1S/C16H23N5O4/c1-4-8-19(3)14-13(21(23)24)15(18-11-17-14)20-9-6-12(7-10-20)16(22)25-5-2/h4,11-12H,1,5-10H2,2-3H3. The second-order valence-corrected chi connectivity index (χ2v) is 5.81. The Bertz CT molecular complexity index is 643. The zero-order chi connectivity index (χ0) is 18.4. The van der Waals surface area contributed by atoms with Crippen molar-refractivity contribution in [3.63, 3.8) is 0 Å². The van der Waals surface area contributed by atoms with E-state index in [1.807, 2.05) is 4.90 Å². The minimum absolute atomic E-state index is 0.124. The molecule has 1 fully saturated rings. The Morgan fingerprint density at radius 2 is 2.20 bits per heavy atom. The zero-order valence-corrected chi connectivity index (χ0v) is 14.6. The summed E-state index contributed by atoms with van der Waals surface area (Å²) in [4.78, 5) is 34.7. The van der Waals surface area contributed by atoms with Crippen LogP contribution in [0.1, 0.15) is 19.8 Å². The van der Waals surface area contributed by atoms with E-state index in [2.05, 4.69) is 16.5 Å². The van der Waals surface area contributed by atoms with Gasteiger partial charge in [0.15, 0.2) is 0 Å². The lowest BCUT2D eigenvalue weighted by atomic mass is 9.97. The van der Waals surface area contributed by atoms with E-state index < -0.39 is 4.92 Å². The molecule has 1 aromatic rings. The predicted octanol–water partition coefficient (Wildman–Crippen LogP) is 1.79. The summed E-state index contributed by atoms with van der Waals surface area (Å²) in [7, 11) is 1.72. The first-order valence-electron chi connectivity index (χ1n) is 8.22. The van der Waals surface area contributed by atoms with E-state index in [4.69, 9.17) is 4.74 Å². The Kier molecular flexibility index (Phi) is 6.26. The number of hydrogen-bond donors (Lipinski definition) is 0. The van der Waals surface area contributed by atoms with Crippen molar-refractivity contribution in [1.29, 1.82) is 0 Å². The van der Waals surface area contributed by atoms with Crippen LogP contribution in [0.3, 0.4) is 0 Å². The molecule has 1 aromatic heterocycles. The first-order valence-corrected chi connectivity index (χ1v) is 8.22. The number of nitrogens with zero attached hydrogens (tertiary/aromatic N) is 5. The Labute approximate surface area is 146 Å². The zero-order valence-electron chi connectivity index (χ0n) is 14.6. The van der Waals surface area contributed by atoms with Crippen LogP contribution >= 0.6 is 0 Å². The highest BCUT2D eigenvalue weighted by molar-refractivity contribution is 5.74. The highest BCUT2D eigenvalue weighted by Gasteiger charge is 2.32. The van der Waals surface area contributed by atoms with Crippen LogP contribution in [0.5, 0.6) is 0 Å². The van der Waals surface area contributed by atoms with Gasteiger partial charge in [-0.15, -0.1) is 6.58 Å². The van der Waals surface area contributed by atoms with Crippen LogP contribution in [0, 0.1) is 16.0 Å². The van der Waals surface area contributed by atoms with Crippen molar-refractivity contribution < 1.29 is 14.5 Å². The molecule has 1 aliphatic rings. The lowest BCUT2D eigenvalue weighted by Crippen LogP contribution is -2.38. The summed E-state index contributed by atoms with van der Waals surface area (Å²) in [5.41, 5.74) is -0.124. The van der Waals surface area contributed by atoms with Crippen LogP contribution in [0.15, 0.2) is 19.0 Å². The van der Waals surface area contributed by atoms with Gasteiger partial charge in [-0.2, -0.15) is 0 Å². The van der Waals surface area contributed by atoms with Crippen LogP contribution in [0.4, 0.5) is 17.3 Å². The highest BCUT2D eigenvalue weighted by Crippen LogP contribution is 2.35. The van der Waals surface area contributed by atoms with Crippen LogP contribution in [0.25, 0.3) is 0 Å². The van der Waals surface area contributed by atoms with E-state index in [0.29, 0.717) is 39.1 Å². The molecular weight excluding hydrogens is 326 g/mol. The molecule has 0 radical (unpaired) electrons. The molecule has 0 N–H and O–H groups in total. The van der Waals surface area contributed by atoms with Gasteiger partial charge in [0, 0.05) is 26.7 Å². The van der Waals surface area contributed by atoms with Gasteiger partial charge in [0.25, 0.3) is 0 Å². The smallest absolute Gasteiger partial charge is 0.353 e. The number of aromatic nitrogens is 2. The summed E-state index contributed by atoms with van der Waals surface area (Å²) in [5.74, 6) is 0.168. The molecular formula is C16H23N5O4. The largest absolute Gasteiger partial charge is 0.466 e. The summed E-state index contributed by atoms with van der Waals surface area (Å²) in [6, 6.07) is 0. The second-order valence-electron chi connectivity index (χ2n) is 5.81. The molecule has 136 valence electrons. The van der Waals surface area contributed by atoms with Crippen molar-refractivity contribution in [2.75, 3.05) is 43.1 Å². The number of hydrogen-bond acceptors (Lipinski definition) is 8. The lowest BCUT2D eigenvalue weighted by molar-refractivity contribution is -0.383. The van der Waals surface area contributed by atoms with E-state index in [0.717, 1.165) is 0 Å². The van der Waals surface area contributed by atoms with Gasteiger partial charge >= 0.3 is 11.7 Å². The maximum Gasteiger partial charge on any atom is 0.353 e. The van der Waals surface area contributed by atoms with Crippen molar-refractivity contribution in [2.45, 2.75) is 19.8 Å². The molecule has 0 bridgehead atoms. The Balaban J connectivity index is 2.22. The molecule has 1 saturated heterocycles. The highest BCUT2D eigenvalue weighted by atomic mass is 16.6. The van der Waals surface area contributed by atoms with Gasteiger partial charge in [0.2, 0.25) is 11.6 Å². The number of anilines is 2. The summed E-state index contributed by atoms with van der Waals surface area (Å²) in [6.07, 6.45) is 4.14. The number of rotatable bonds is 7. The van der Waals surface area contributed by atoms with Gasteiger partial charge in [0.1, 0.15) is 6.33 Å². The van der Waals surface area contributed by atoms with Crippen LogP contribution < -0.4 is 9.80 Å². The van der Waals surface area contributed by atoms with E-state index in [-0.39, 0.29) is 29.2 Å². The monoisotopic (exact) mass is 349 g/mol. The molecule has 0 saturated carbocycles. The molecule has 25 heavy (non-hydrogen) atoms. The number of piperidine rings is 1. The summed E-state index contributed by atoms with van der Waals surface area (Å²) in [6.45, 7) is 7.22. The minimum atomic E-state index is -0.457. The maximum atomic E-state index is 11.8. The van der Waals surface area contributed by atoms with Crippen LogP contribution in [-0.2, 0) is 9.53 Å². The molecule has 1 aliphatic heterocycles. The van der Waals surface area contributed by atoms with Crippen molar-refractivity contribution in [3.05, 3.63) is 29.1 Å². The molecule has 9 nitrogen and oxygen atoms in total. The molecule has 0 spiro atoms. The normalized spacial score (nSPS) is 14.9. The number of carbonyl (C=O) groups excluding carboxylic acids is 1. The second kappa shape index (κ2) is 8.41. The molecule has 9 heteroatoms.